The highest BCUT2D eigenvalue weighted by Gasteiger charge is 2.08. The number of thioether (sulfide) groups is 1. The highest BCUT2D eigenvalue weighted by Crippen LogP contribution is 2.14. The van der Waals surface area contributed by atoms with Crippen molar-refractivity contribution in [3.05, 3.63) is 34.6 Å². The third-order valence-corrected chi connectivity index (χ3v) is 9.35. The van der Waals surface area contributed by atoms with Gasteiger partial charge in [-0.3, -0.25) is 8.75 Å². The molecule has 4 aliphatic rings. The van der Waals surface area contributed by atoms with Gasteiger partial charge in [-0.15, -0.1) is 0 Å². The number of piperazine rings is 1. The monoisotopic (exact) mass is 717 g/mol. The first-order chi connectivity index (χ1) is 23.3. The van der Waals surface area contributed by atoms with E-state index in [-0.39, 0.29) is 5.56 Å². The third-order valence-electron chi connectivity index (χ3n) is 7.41. The predicted molar refractivity (Wildman–Crippen MR) is 222 cm³/mol. The number of fused-ring (bicyclic) bond motifs is 1. The van der Waals surface area contributed by atoms with Gasteiger partial charge in [-0.1, -0.05) is 85.5 Å². The van der Waals surface area contributed by atoms with Crippen LogP contribution in [-0.4, -0.2) is 154 Å². The van der Waals surface area contributed by atoms with Crippen molar-refractivity contribution < 1.29 is 4.74 Å². The number of ether oxygens (including phenoxy) is 1. The zero-order chi connectivity index (χ0) is 37.2. The largest absolute Gasteiger partial charge is 0.379 e. The number of morpholine rings is 1. The fraction of sp³-hybridized carbons (Fsp3) is 0.816. The number of aryl methyl sites for hydroxylation is 1. The summed E-state index contributed by atoms with van der Waals surface area (Å²) in [7, 11) is 12.6. The van der Waals surface area contributed by atoms with Crippen LogP contribution in [0.1, 0.15) is 74.7 Å². The van der Waals surface area contributed by atoms with Gasteiger partial charge in [0.25, 0.3) is 5.56 Å². The molecule has 5 heterocycles. The van der Waals surface area contributed by atoms with Crippen LogP contribution in [0.2, 0.25) is 0 Å². The molecule has 6 rings (SSSR count). The van der Waals surface area contributed by atoms with Gasteiger partial charge < -0.3 is 29.2 Å². The van der Waals surface area contributed by atoms with Crippen LogP contribution in [-0.2, 0) is 11.8 Å². The van der Waals surface area contributed by atoms with Gasteiger partial charge >= 0.3 is 0 Å². The van der Waals surface area contributed by atoms with E-state index in [1.165, 1.54) is 94.7 Å². The van der Waals surface area contributed by atoms with Crippen LogP contribution in [0.15, 0.2) is 29.1 Å². The number of rotatable bonds is 0. The average molecular weight is 717 g/mol. The van der Waals surface area contributed by atoms with Gasteiger partial charge in [0.1, 0.15) is 0 Å². The third kappa shape index (κ3) is 27.8. The lowest BCUT2D eigenvalue weighted by atomic mass is 10.1. The maximum absolute atomic E-state index is 11.3. The lowest BCUT2D eigenvalue weighted by Gasteiger charge is -2.28. The topological polar surface area (TPSA) is 47.4 Å². The number of nitrogens with zero attached hydrogens (tertiary/aromatic N) is 6. The Hall–Kier alpha value is -0.980. The molecule has 0 aliphatic carbocycles. The summed E-state index contributed by atoms with van der Waals surface area (Å²) in [6, 6.07) is 7.64. The van der Waals surface area contributed by atoms with Gasteiger partial charge in [-0.05, 0) is 73.3 Å². The number of benzene rings is 1. The van der Waals surface area contributed by atoms with Crippen LogP contribution in [0.3, 0.4) is 0 Å². The van der Waals surface area contributed by atoms with Crippen molar-refractivity contribution >= 4 is 33.4 Å². The summed E-state index contributed by atoms with van der Waals surface area (Å²) in [5, 5.41) is 0.819. The van der Waals surface area contributed by atoms with Crippen LogP contribution in [0.4, 0.5) is 0 Å². The van der Waals surface area contributed by atoms with Crippen LogP contribution in [0.25, 0.3) is 10.1 Å². The SMILES string of the molecule is CC.CC.CC.CC.CN1CCCCC1.CN1CCN(C)CC1.CN1CCOCC1.CN1CCSCC1.Cn1sc2ccccc2c1=O. The Morgan fingerprint density at radius 1 is 0.521 bits per heavy atom. The second-order valence-corrected chi connectivity index (χ2v) is 13.6. The van der Waals surface area contributed by atoms with Crippen LogP contribution < -0.4 is 5.56 Å². The van der Waals surface area contributed by atoms with E-state index in [1.807, 2.05) is 79.7 Å². The maximum Gasteiger partial charge on any atom is 0.268 e. The average Bonchev–Trinajstić information content (AvgIpc) is 3.44. The van der Waals surface area contributed by atoms with E-state index >= 15 is 0 Å². The fourth-order valence-electron chi connectivity index (χ4n) is 4.35. The van der Waals surface area contributed by atoms with Crippen molar-refractivity contribution in [1.82, 2.24) is 28.5 Å². The maximum atomic E-state index is 11.3. The summed E-state index contributed by atoms with van der Waals surface area (Å²) >= 11 is 3.54. The van der Waals surface area contributed by atoms with Crippen molar-refractivity contribution in [2.75, 3.05) is 125 Å². The van der Waals surface area contributed by atoms with E-state index in [2.05, 4.69) is 71.5 Å². The van der Waals surface area contributed by atoms with Gasteiger partial charge in [0.2, 0.25) is 0 Å². The number of likely N-dealkylation sites (tertiary alicyclic amines) is 1. The normalized spacial score (nSPS) is 18.4. The molecule has 10 heteroatoms. The van der Waals surface area contributed by atoms with E-state index < -0.39 is 0 Å². The first-order valence-corrected chi connectivity index (χ1v) is 20.8. The Morgan fingerprint density at radius 3 is 1.25 bits per heavy atom. The summed E-state index contributed by atoms with van der Waals surface area (Å²) in [5.41, 5.74) is 0.102. The van der Waals surface area contributed by atoms with E-state index in [1.54, 1.807) is 11.0 Å². The number of hydrogen-bond donors (Lipinski definition) is 0. The highest BCUT2D eigenvalue weighted by molar-refractivity contribution is 7.99. The zero-order valence-electron chi connectivity index (χ0n) is 34.1. The minimum atomic E-state index is 0.102. The smallest absolute Gasteiger partial charge is 0.268 e. The number of hydrogen-bond acceptors (Lipinski definition) is 9. The second kappa shape index (κ2) is 37.3. The second-order valence-electron chi connectivity index (χ2n) is 11.2. The predicted octanol–water partition coefficient (Wildman–Crippen LogP) is 7.28. The molecule has 0 amide bonds. The molecular weight excluding hydrogens is 637 g/mol. The minimum absolute atomic E-state index is 0.102. The molecule has 0 saturated carbocycles. The summed E-state index contributed by atoms with van der Waals surface area (Å²) in [4.78, 5) is 23.1. The van der Waals surface area contributed by atoms with Crippen molar-refractivity contribution in [2.45, 2.75) is 74.7 Å². The summed E-state index contributed by atoms with van der Waals surface area (Å²) in [6.45, 7) is 30.2. The minimum Gasteiger partial charge on any atom is -0.379 e. The fourth-order valence-corrected chi connectivity index (χ4v) is 6.30. The molecule has 0 unspecified atom stereocenters. The molecule has 0 N–H and O–H groups in total. The Bertz CT molecular complexity index is 900. The quantitative estimate of drug-likeness (QED) is 0.282. The van der Waals surface area contributed by atoms with Gasteiger partial charge in [0.05, 0.1) is 23.3 Å². The molecule has 4 aliphatic heterocycles. The number of likely N-dealkylation sites (N-methyl/N-ethyl adjacent to an activating group) is 3. The molecule has 1 aromatic heterocycles. The van der Waals surface area contributed by atoms with Gasteiger partial charge in [-0.2, -0.15) is 11.8 Å². The van der Waals surface area contributed by atoms with Crippen LogP contribution in [0.5, 0.6) is 0 Å². The lowest BCUT2D eigenvalue weighted by Crippen LogP contribution is -2.42. The standard InChI is InChI=1S/C8H7NOS.C6H14N2.C6H13N.C5H11NO.C5H11NS.4C2H6/c1-9-8(10)6-4-2-3-5-7(6)11-9;1-7-3-5-8(2)6-4-7;1-7-5-3-2-4-6-7;2*1-6-2-4-7-5-3-6;4*1-2/h2-5H,1H3;3-6H2,1-2H3;2-6H2,1H3;2*2-5H2,1H3;4*1-2H3. The molecule has 4 saturated heterocycles. The molecule has 0 atom stereocenters. The number of aromatic nitrogens is 1. The van der Waals surface area contributed by atoms with Crippen molar-refractivity contribution in [3.8, 4) is 0 Å². The molecule has 4 fully saturated rings. The van der Waals surface area contributed by atoms with E-state index in [0.717, 1.165) is 36.4 Å². The van der Waals surface area contributed by atoms with Gasteiger partial charge in [-0.25, -0.2) is 0 Å². The van der Waals surface area contributed by atoms with Crippen molar-refractivity contribution in [1.29, 1.82) is 0 Å². The van der Waals surface area contributed by atoms with Gasteiger partial charge in [0.15, 0.2) is 0 Å². The van der Waals surface area contributed by atoms with Crippen LogP contribution >= 0.6 is 23.3 Å². The zero-order valence-corrected chi connectivity index (χ0v) is 35.8. The first-order valence-electron chi connectivity index (χ1n) is 18.9. The van der Waals surface area contributed by atoms with Crippen molar-refractivity contribution in [3.63, 3.8) is 0 Å². The molecular formula is C38H80N6O2S2. The molecule has 8 nitrogen and oxygen atoms in total. The highest BCUT2D eigenvalue weighted by atomic mass is 32.2. The van der Waals surface area contributed by atoms with Crippen molar-refractivity contribution in [2.24, 2.45) is 7.05 Å². The molecule has 0 bridgehead atoms. The van der Waals surface area contributed by atoms with E-state index in [4.69, 9.17) is 4.74 Å². The first kappa shape index (κ1) is 51.4. The van der Waals surface area contributed by atoms with Crippen LogP contribution in [0, 0.1) is 0 Å². The Labute approximate surface area is 307 Å². The summed E-state index contributed by atoms with van der Waals surface area (Å²) < 4.78 is 7.80. The number of piperidine rings is 1. The summed E-state index contributed by atoms with van der Waals surface area (Å²) in [6.07, 6.45) is 4.28. The van der Waals surface area contributed by atoms with Gasteiger partial charge in [0, 0.05) is 70.9 Å². The Balaban J connectivity index is -0.000000506. The molecule has 1 aromatic carbocycles. The lowest BCUT2D eigenvalue weighted by molar-refractivity contribution is 0.0503. The molecule has 0 radical (unpaired) electrons. The Kier molecular flexibility index (Phi) is 39.9. The molecule has 0 spiro atoms. The summed E-state index contributed by atoms with van der Waals surface area (Å²) in [5.74, 6) is 2.66. The molecule has 2 aromatic rings. The van der Waals surface area contributed by atoms with E-state index in [9.17, 15) is 4.79 Å². The molecule has 48 heavy (non-hydrogen) atoms. The van der Waals surface area contributed by atoms with E-state index in [0.29, 0.717) is 0 Å². The molecule has 286 valence electrons. The Morgan fingerprint density at radius 2 is 0.917 bits per heavy atom.